The van der Waals surface area contributed by atoms with Gasteiger partial charge in [0, 0.05) is 16.5 Å². The second-order valence-corrected chi connectivity index (χ2v) is 11.6. The van der Waals surface area contributed by atoms with Crippen LogP contribution in [-0.2, 0) is 14.4 Å². The second kappa shape index (κ2) is 10.4. The van der Waals surface area contributed by atoms with Gasteiger partial charge in [-0.2, -0.15) is 0 Å². The van der Waals surface area contributed by atoms with Crippen LogP contribution in [0.5, 0.6) is 5.75 Å². The number of rotatable bonds is 6. The van der Waals surface area contributed by atoms with E-state index in [1.54, 1.807) is 24.3 Å². The summed E-state index contributed by atoms with van der Waals surface area (Å²) in [4.78, 5) is 56.1. The lowest BCUT2D eigenvalue weighted by molar-refractivity contribution is -0.122. The lowest BCUT2D eigenvalue weighted by Gasteiger charge is -2.29. The van der Waals surface area contributed by atoms with Crippen molar-refractivity contribution < 1.29 is 23.5 Å². The summed E-state index contributed by atoms with van der Waals surface area (Å²) >= 11 is 2.19. The van der Waals surface area contributed by atoms with Crippen molar-refractivity contribution in [2.45, 2.75) is 23.1 Å². The molecule has 3 amide bonds. The van der Waals surface area contributed by atoms with Crippen LogP contribution in [0.2, 0.25) is 0 Å². The molecular weight excluding hydrogens is 553 g/mol. The molecule has 0 unspecified atom stereocenters. The van der Waals surface area contributed by atoms with E-state index in [2.05, 4.69) is 10.3 Å². The van der Waals surface area contributed by atoms with Crippen molar-refractivity contribution in [1.82, 2.24) is 4.98 Å². The minimum Gasteiger partial charge on any atom is -0.484 e. The Balaban J connectivity index is 1.25. The van der Waals surface area contributed by atoms with Gasteiger partial charge < -0.3 is 15.0 Å². The van der Waals surface area contributed by atoms with Crippen molar-refractivity contribution in [3.8, 4) is 5.75 Å². The van der Waals surface area contributed by atoms with E-state index >= 15 is 0 Å². The molecule has 3 atom stereocenters. The van der Waals surface area contributed by atoms with Gasteiger partial charge in [-0.15, -0.1) is 0 Å². The predicted octanol–water partition coefficient (Wildman–Crippen LogP) is 4.70. The number of H-pyrrole nitrogens is 1. The normalized spacial score (nSPS) is 19.8. The third kappa shape index (κ3) is 4.71. The van der Waals surface area contributed by atoms with Crippen molar-refractivity contribution in [3.63, 3.8) is 0 Å². The van der Waals surface area contributed by atoms with E-state index in [4.69, 9.17) is 4.74 Å². The van der Waals surface area contributed by atoms with Crippen LogP contribution >= 0.6 is 23.1 Å². The number of hydrogen-bond acceptors (Lipinski definition) is 7. The Hall–Kier alpha value is -4.22. The van der Waals surface area contributed by atoms with Gasteiger partial charge in [0.2, 0.25) is 11.8 Å². The smallest absolute Gasteiger partial charge is 0.305 e. The molecule has 2 aliphatic rings. The third-order valence-electron chi connectivity index (χ3n) is 6.94. The summed E-state index contributed by atoms with van der Waals surface area (Å²) < 4.78 is 19.2. The standard InChI is InChI=1S/C29H22FN3O5S2/c1-15-4-2-3-5-20(15)31-21(34)14-38-19-12-6-16(7-13-19)22-23-25(39-26-24(22)40-29(37)32-26)28(36)33(27(23)35)18-10-8-17(30)9-11-18/h2-13,22-23,25H,14H2,1H3,(H,31,34)(H,32,37)/t22-,23-,25+/m0/s1. The molecule has 11 heteroatoms. The molecule has 202 valence electrons. The Morgan fingerprint density at radius 2 is 1.73 bits per heavy atom. The number of thiazole rings is 1. The number of aromatic amines is 1. The van der Waals surface area contributed by atoms with Crippen molar-refractivity contribution in [3.05, 3.63) is 104 Å². The number of aromatic nitrogens is 1. The monoisotopic (exact) mass is 575 g/mol. The number of halogens is 1. The van der Waals surface area contributed by atoms with Gasteiger partial charge in [0.05, 0.1) is 16.6 Å². The first-order valence-corrected chi connectivity index (χ1v) is 14.1. The van der Waals surface area contributed by atoms with Gasteiger partial charge in [0.15, 0.2) is 6.61 Å². The van der Waals surface area contributed by atoms with Gasteiger partial charge in [0.1, 0.15) is 16.8 Å². The maximum Gasteiger partial charge on any atom is 0.305 e. The van der Waals surface area contributed by atoms with Gasteiger partial charge in [0.25, 0.3) is 5.91 Å². The molecule has 0 aliphatic carbocycles. The molecule has 8 nitrogen and oxygen atoms in total. The highest BCUT2D eigenvalue weighted by Crippen LogP contribution is 2.53. The molecule has 1 saturated heterocycles. The summed E-state index contributed by atoms with van der Waals surface area (Å²) in [6.45, 7) is 1.71. The minimum absolute atomic E-state index is 0.193. The van der Waals surface area contributed by atoms with E-state index in [9.17, 15) is 23.6 Å². The number of thioether (sulfide) groups is 1. The molecule has 4 aromatic rings. The van der Waals surface area contributed by atoms with Crippen LogP contribution in [0.3, 0.4) is 0 Å². The van der Waals surface area contributed by atoms with Crippen LogP contribution in [0.15, 0.2) is 82.6 Å². The van der Waals surface area contributed by atoms with E-state index in [0.717, 1.165) is 27.4 Å². The Bertz CT molecular complexity index is 1680. The lowest BCUT2D eigenvalue weighted by atomic mass is 9.83. The zero-order chi connectivity index (χ0) is 28.0. The average Bonchev–Trinajstić information content (AvgIpc) is 3.44. The highest BCUT2D eigenvalue weighted by molar-refractivity contribution is 8.00. The molecule has 6 rings (SSSR count). The number of aryl methyl sites for hydroxylation is 1. The number of imide groups is 1. The third-order valence-corrected chi connectivity index (χ3v) is 9.34. The largest absolute Gasteiger partial charge is 0.484 e. The van der Waals surface area contributed by atoms with E-state index < -0.39 is 34.7 Å². The van der Waals surface area contributed by atoms with E-state index in [1.807, 2.05) is 31.2 Å². The Morgan fingerprint density at radius 3 is 2.45 bits per heavy atom. The predicted molar refractivity (Wildman–Crippen MR) is 151 cm³/mol. The number of carbonyl (C=O) groups excluding carboxylic acids is 3. The topological polar surface area (TPSA) is 109 Å². The molecule has 1 aromatic heterocycles. The zero-order valence-corrected chi connectivity index (χ0v) is 22.7. The average molecular weight is 576 g/mol. The number of benzene rings is 3. The minimum atomic E-state index is -0.756. The van der Waals surface area contributed by atoms with Crippen LogP contribution in [0.1, 0.15) is 21.9 Å². The van der Waals surface area contributed by atoms with Crippen molar-refractivity contribution in [2.75, 3.05) is 16.8 Å². The van der Waals surface area contributed by atoms with Gasteiger partial charge in [-0.25, -0.2) is 9.29 Å². The number of nitrogens with zero attached hydrogens (tertiary/aromatic N) is 1. The van der Waals surface area contributed by atoms with E-state index in [0.29, 0.717) is 27.0 Å². The van der Waals surface area contributed by atoms with Gasteiger partial charge in [-0.1, -0.05) is 53.4 Å². The van der Waals surface area contributed by atoms with Crippen LogP contribution < -0.4 is 19.8 Å². The zero-order valence-electron chi connectivity index (χ0n) is 21.1. The summed E-state index contributed by atoms with van der Waals surface area (Å²) in [6.07, 6.45) is 0. The van der Waals surface area contributed by atoms with Crippen molar-refractivity contribution in [2.24, 2.45) is 5.92 Å². The van der Waals surface area contributed by atoms with Crippen molar-refractivity contribution in [1.29, 1.82) is 0 Å². The molecule has 0 radical (unpaired) electrons. The number of fused-ring (bicyclic) bond motifs is 2. The van der Waals surface area contributed by atoms with Gasteiger partial charge in [-0.3, -0.25) is 19.2 Å². The number of ether oxygens (including phenoxy) is 1. The first-order chi connectivity index (χ1) is 19.3. The molecule has 0 spiro atoms. The number of carbonyl (C=O) groups is 3. The Morgan fingerprint density at radius 1 is 1.00 bits per heavy atom. The van der Waals surface area contributed by atoms with Crippen LogP contribution in [0.4, 0.5) is 15.8 Å². The molecular formula is C29H22FN3O5S2. The summed E-state index contributed by atoms with van der Waals surface area (Å²) in [5, 5.41) is 2.64. The number of amides is 3. The van der Waals surface area contributed by atoms with Crippen LogP contribution in [0.25, 0.3) is 0 Å². The lowest BCUT2D eigenvalue weighted by Crippen LogP contribution is -2.32. The fraction of sp³-hybridized carbons (Fsp3) is 0.172. The summed E-state index contributed by atoms with van der Waals surface area (Å²) in [7, 11) is 0. The fourth-order valence-electron chi connectivity index (χ4n) is 5.04. The Labute approximate surface area is 236 Å². The fourth-order valence-corrected chi connectivity index (χ4v) is 7.56. The highest BCUT2D eigenvalue weighted by atomic mass is 32.2. The summed E-state index contributed by atoms with van der Waals surface area (Å²) in [5.41, 5.74) is 2.68. The molecule has 2 aliphatic heterocycles. The molecule has 0 bridgehead atoms. The first kappa shape index (κ1) is 26.0. The molecule has 0 saturated carbocycles. The first-order valence-electron chi connectivity index (χ1n) is 12.4. The molecule has 3 aromatic carbocycles. The number of hydrogen-bond donors (Lipinski definition) is 2. The van der Waals surface area contributed by atoms with Gasteiger partial charge >= 0.3 is 4.87 Å². The number of anilines is 2. The molecule has 2 N–H and O–H groups in total. The Kier molecular flexibility index (Phi) is 6.77. The van der Waals surface area contributed by atoms with Gasteiger partial charge in [-0.05, 0) is 60.5 Å². The maximum absolute atomic E-state index is 13.7. The van der Waals surface area contributed by atoms with E-state index in [1.165, 1.54) is 36.0 Å². The van der Waals surface area contributed by atoms with Crippen molar-refractivity contribution >= 4 is 52.2 Å². The SMILES string of the molecule is Cc1ccccc1NC(=O)COc1ccc([C@@H]2c3sc(=O)[nH]c3S[C@H]3C(=O)N(c4ccc(F)cc4)C(=O)[C@@H]23)cc1. The van der Waals surface area contributed by atoms with Crippen LogP contribution in [-0.4, -0.2) is 34.6 Å². The van der Waals surface area contributed by atoms with Crippen LogP contribution in [0, 0.1) is 18.7 Å². The number of nitrogens with one attached hydrogen (secondary N) is 2. The molecule has 40 heavy (non-hydrogen) atoms. The quantitative estimate of drug-likeness (QED) is 0.323. The summed E-state index contributed by atoms with van der Waals surface area (Å²) in [5.74, 6) is -2.44. The second-order valence-electron chi connectivity index (χ2n) is 9.46. The highest BCUT2D eigenvalue weighted by Gasteiger charge is 2.56. The summed E-state index contributed by atoms with van der Waals surface area (Å²) in [6, 6.07) is 19.6. The maximum atomic E-state index is 13.7. The number of para-hydroxylation sites is 1. The van der Waals surface area contributed by atoms with E-state index in [-0.39, 0.29) is 17.4 Å². The molecule has 1 fully saturated rings. The molecule has 3 heterocycles.